The van der Waals surface area contributed by atoms with Gasteiger partial charge in [0.05, 0.1) is 5.56 Å². The van der Waals surface area contributed by atoms with Gasteiger partial charge < -0.3 is 9.15 Å². The van der Waals surface area contributed by atoms with E-state index in [1.807, 2.05) is 6.92 Å². The molecule has 0 aliphatic carbocycles. The Morgan fingerprint density at radius 2 is 1.84 bits per heavy atom. The molecule has 0 aliphatic heterocycles. The van der Waals surface area contributed by atoms with Crippen LogP contribution >= 0.6 is 0 Å². The number of alkyl halides is 3. The van der Waals surface area contributed by atoms with E-state index in [0.717, 1.165) is 12.1 Å². The van der Waals surface area contributed by atoms with Gasteiger partial charge in [0.1, 0.15) is 6.61 Å². The minimum Gasteiger partial charge on any atom is -0.418 e. The molecule has 7 heteroatoms. The van der Waals surface area contributed by atoms with E-state index < -0.39 is 11.7 Å². The van der Waals surface area contributed by atoms with Gasteiger partial charge in [-0.2, -0.15) is 13.2 Å². The Balaban J connectivity index is 2.16. The van der Waals surface area contributed by atoms with E-state index in [-0.39, 0.29) is 18.4 Å². The molecule has 1 aromatic carbocycles. The lowest BCUT2D eigenvalue weighted by Crippen LogP contribution is -2.03. The first-order valence-electron chi connectivity index (χ1n) is 5.58. The topological polar surface area (TPSA) is 48.2 Å². The van der Waals surface area contributed by atoms with Crippen molar-refractivity contribution in [1.29, 1.82) is 0 Å². The number of hydrogen-bond donors (Lipinski definition) is 0. The maximum atomic E-state index is 12.4. The predicted octanol–water partition coefficient (Wildman–Crippen LogP) is 3.29. The SMILES string of the molecule is CCOCc1nnc(-c2ccc(C(F)(F)F)cc2)o1. The fraction of sp³-hybridized carbons (Fsp3) is 0.333. The summed E-state index contributed by atoms with van der Waals surface area (Å²) in [6.07, 6.45) is -4.35. The number of aromatic nitrogens is 2. The second kappa shape index (κ2) is 5.40. The second-order valence-corrected chi connectivity index (χ2v) is 3.71. The molecule has 19 heavy (non-hydrogen) atoms. The first kappa shape index (κ1) is 13.5. The van der Waals surface area contributed by atoms with Crippen LogP contribution in [0.25, 0.3) is 11.5 Å². The van der Waals surface area contributed by atoms with E-state index in [0.29, 0.717) is 12.2 Å². The summed E-state index contributed by atoms with van der Waals surface area (Å²) in [5, 5.41) is 7.49. The standard InChI is InChI=1S/C12H11F3N2O2/c1-2-18-7-10-16-17-11(19-10)8-3-5-9(6-4-8)12(13,14)15/h3-6H,2,7H2,1H3. The zero-order valence-corrected chi connectivity index (χ0v) is 10.1. The van der Waals surface area contributed by atoms with Gasteiger partial charge in [0.15, 0.2) is 0 Å². The van der Waals surface area contributed by atoms with Crippen molar-refractivity contribution in [3.05, 3.63) is 35.7 Å². The largest absolute Gasteiger partial charge is 0.418 e. The molecule has 0 N–H and O–H groups in total. The molecule has 2 aromatic rings. The summed E-state index contributed by atoms with van der Waals surface area (Å²) in [5.41, 5.74) is -0.284. The molecular weight excluding hydrogens is 261 g/mol. The molecule has 0 aliphatic rings. The Morgan fingerprint density at radius 3 is 2.42 bits per heavy atom. The van der Waals surface area contributed by atoms with Crippen LogP contribution in [0.4, 0.5) is 13.2 Å². The van der Waals surface area contributed by atoms with Crippen molar-refractivity contribution in [2.24, 2.45) is 0 Å². The lowest BCUT2D eigenvalue weighted by atomic mass is 10.1. The molecule has 0 unspecified atom stereocenters. The Labute approximate surface area is 107 Å². The number of ether oxygens (including phenoxy) is 1. The quantitative estimate of drug-likeness (QED) is 0.856. The van der Waals surface area contributed by atoms with E-state index in [1.165, 1.54) is 12.1 Å². The summed E-state index contributed by atoms with van der Waals surface area (Å²) in [6.45, 7) is 2.52. The van der Waals surface area contributed by atoms with Gasteiger partial charge in [0.2, 0.25) is 11.8 Å². The highest BCUT2D eigenvalue weighted by atomic mass is 19.4. The maximum Gasteiger partial charge on any atom is 0.416 e. The van der Waals surface area contributed by atoms with Crippen LogP contribution in [0, 0.1) is 0 Å². The molecule has 0 atom stereocenters. The van der Waals surface area contributed by atoms with Crippen LogP contribution in [0.15, 0.2) is 28.7 Å². The van der Waals surface area contributed by atoms with Crippen LogP contribution in [0.1, 0.15) is 18.4 Å². The van der Waals surface area contributed by atoms with E-state index in [2.05, 4.69) is 10.2 Å². The third-order valence-electron chi connectivity index (χ3n) is 2.36. The Bertz CT molecular complexity index is 535. The predicted molar refractivity (Wildman–Crippen MR) is 60.1 cm³/mol. The number of halogens is 3. The minimum absolute atomic E-state index is 0.170. The fourth-order valence-electron chi connectivity index (χ4n) is 1.42. The van der Waals surface area contributed by atoms with Gasteiger partial charge in [-0.15, -0.1) is 10.2 Å². The molecule has 0 radical (unpaired) electrons. The summed E-state index contributed by atoms with van der Waals surface area (Å²) in [5.74, 6) is 0.458. The first-order valence-corrected chi connectivity index (χ1v) is 5.58. The molecule has 1 heterocycles. The molecule has 4 nitrogen and oxygen atoms in total. The summed E-state index contributed by atoms with van der Waals surface area (Å²) in [4.78, 5) is 0. The average Bonchev–Trinajstić information content (AvgIpc) is 2.84. The summed E-state index contributed by atoms with van der Waals surface area (Å²) in [7, 11) is 0. The van der Waals surface area contributed by atoms with Crippen LogP contribution in [0.3, 0.4) is 0 Å². The van der Waals surface area contributed by atoms with Crippen molar-refractivity contribution in [2.45, 2.75) is 19.7 Å². The monoisotopic (exact) mass is 272 g/mol. The summed E-state index contributed by atoms with van der Waals surface area (Å²) >= 11 is 0. The number of rotatable bonds is 4. The zero-order valence-electron chi connectivity index (χ0n) is 10.1. The Kier molecular flexibility index (Phi) is 3.84. The van der Waals surface area contributed by atoms with E-state index >= 15 is 0 Å². The average molecular weight is 272 g/mol. The van der Waals surface area contributed by atoms with E-state index in [4.69, 9.17) is 9.15 Å². The van der Waals surface area contributed by atoms with Crippen LogP contribution in [0.2, 0.25) is 0 Å². The van der Waals surface area contributed by atoms with Crippen LogP contribution in [0.5, 0.6) is 0 Å². The zero-order chi connectivity index (χ0) is 13.9. The van der Waals surface area contributed by atoms with Crippen molar-refractivity contribution in [1.82, 2.24) is 10.2 Å². The molecule has 0 saturated carbocycles. The van der Waals surface area contributed by atoms with Gasteiger partial charge in [-0.3, -0.25) is 0 Å². The summed E-state index contributed by atoms with van der Waals surface area (Å²) < 4.78 is 47.5. The van der Waals surface area contributed by atoms with E-state index in [9.17, 15) is 13.2 Å². The van der Waals surface area contributed by atoms with Gasteiger partial charge in [-0.1, -0.05) is 0 Å². The first-order chi connectivity index (χ1) is 9.00. The molecule has 0 fully saturated rings. The van der Waals surface area contributed by atoms with Crippen molar-refractivity contribution in [3.8, 4) is 11.5 Å². The lowest BCUT2D eigenvalue weighted by Gasteiger charge is -2.05. The van der Waals surface area contributed by atoms with Crippen molar-refractivity contribution < 1.29 is 22.3 Å². The molecule has 0 amide bonds. The molecule has 1 aromatic heterocycles. The van der Waals surface area contributed by atoms with Gasteiger partial charge >= 0.3 is 6.18 Å². The Morgan fingerprint density at radius 1 is 1.16 bits per heavy atom. The third kappa shape index (κ3) is 3.31. The molecule has 102 valence electrons. The number of nitrogens with zero attached hydrogens (tertiary/aromatic N) is 2. The van der Waals surface area contributed by atoms with Crippen LogP contribution in [-0.2, 0) is 17.5 Å². The highest BCUT2D eigenvalue weighted by Gasteiger charge is 2.30. The highest BCUT2D eigenvalue weighted by molar-refractivity contribution is 5.53. The van der Waals surface area contributed by atoms with Crippen LogP contribution < -0.4 is 0 Å². The minimum atomic E-state index is -4.35. The van der Waals surface area contributed by atoms with Crippen molar-refractivity contribution >= 4 is 0 Å². The fourth-order valence-corrected chi connectivity index (χ4v) is 1.42. The lowest BCUT2D eigenvalue weighted by molar-refractivity contribution is -0.137. The smallest absolute Gasteiger partial charge is 0.416 e. The molecule has 0 spiro atoms. The number of hydrogen-bond acceptors (Lipinski definition) is 4. The van der Waals surface area contributed by atoms with Gasteiger partial charge in [0.25, 0.3) is 0 Å². The van der Waals surface area contributed by atoms with E-state index in [1.54, 1.807) is 0 Å². The normalized spacial score (nSPS) is 11.8. The third-order valence-corrected chi connectivity index (χ3v) is 2.36. The van der Waals surface area contributed by atoms with Gasteiger partial charge in [-0.05, 0) is 31.2 Å². The summed E-state index contributed by atoms with van der Waals surface area (Å²) in [6, 6.07) is 4.53. The van der Waals surface area contributed by atoms with Gasteiger partial charge in [-0.25, -0.2) is 0 Å². The Hall–Kier alpha value is -1.89. The molecule has 2 rings (SSSR count). The van der Waals surface area contributed by atoms with Crippen LogP contribution in [-0.4, -0.2) is 16.8 Å². The number of benzene rings is 1. The molecule has 0 saturated heterocycles. The maximum absolute atomic E-state index is 12.4. The van der Waals surface area contributed by atoms with Crippen molar-refractivity contribution in [3.63, 3.8) is 0 Å². The van der Waals surface area contributed by atoms with Gasteiger partial charge in [0, 0.05) is 12.2 Å². The highest BCUT2D eigenvalue weighted by Crippen LogP contribution is 2.30. The molecular formula is C12H11F3N2O2. The molecule has 0 bridgehead atoms. The second-order valence-electron chi connectivity index (χ2n) is 3.71. The van der Waals surface area contributed by atoms with Crippen molar-refractivity contribution in [2.75, 3.05) is 6.61 Å².